The minimum absolute atomic E-state index is 0. The van der Waals surface area contributed by atoms with Crippen molar-refractivity contribution < 1.29 is 4.79 Å². The Morgan fingerprint density at radius 2 is 2.08 bits per heavy atom. The molecule has 0 unspecified atom stereocenters. The van der Waals surface area contributed by atoms with E-state index in [0.29, 0.717) is 18.2 Å². The summed E-state index contributed by atoms with van der Waals surface area (Å²) in [4.78, 5) is 20.9. The molecule has 25 heavy (non-hydrogen) atoms. The van der Waals surface area contributed by atoms with Crippen LogP contribution in [0.1, 0.15) is 31.4 Å². The van der Waals surface area contributed by atoms with Crippen LogP contribution in [-0.4, -0.2) is 29.0 Å². The van der Waals surface area contributed by atoms with E-state index in [0.717, 1.165) is 36.5 Å². The van der Waals surface area contributed by atoms with E-state index in [-0.39, 0.29) is 18.3 Å². The van der Waals surface area contributed by atoms with Gasteiger partial charge in [0.25, 0.3) is 0 Å². The molecule has 1 aliphatic heterocycles. The predicted molar refractivity (Wildman–Crippen MR) is 103 cm³/mol. The van der Waals surface area contributed by atoms with Crippen LogP contribution in [-0.2, 0) is 4.79 Å². The highest BCUT2D eigenvalue weighted by atomic mass is 35.5. The first-order chi connectivity index (χ1) is 11.7. The SMILES string of the molecule is Cc1ccnc(-c2cccc(NC(=O)CCC3CCNCC3)c2)n1.Cl. The molecule has 0 bridgehead atoms. The van der Waals surface area contributed by atoms with E-state index in [1.54, 1.807) is 6.20 Å². The first-order valence-corrected chi connectivity index (χ1v) is 8.61. The molecule has 1 aliphatic rings. The Balaban J connectivity index is 0.00000225. The maximum Gasteiger partial charge on any atom is 0.224 e. The molecule has 134 valence electrons. The lowest BCUT2D eigenvalue weighted by Gasteiger charge is -2.22. The van der Waals surface area contributed by atoms with Crippen LogP contribution < -0.4 is 10.6 Å². The van der Waals surface area contributed by atoms with Crippen LogP contribution in [0.4, 0.5) is 5.69 Å². The van der Waals surface area contributed by atoms with E-state index >= 15 is 0 Å². The number of aromatic nitrogens is 2. The van der Waals surface area contributed by atoms with Gasteiger partial charge in [-0.1, -0.05) is 12.1 Å². The number of carbonyl (C=O) groups excluding carboxylic acids is 1. The number of anilines is 1. The molecule has 1 amide bonds. The fraction of sp³-hybridized carbons (Fsp3) is 0.421. The second-order valence-corrected chi connectivity index (χ2v) is 6.38. The molecular weight excluding hydrogens is 336 g/mol. The van der Waals surface area contributed by atoms with Crippen molar-refractivity contribution in [2.45, 2.75) is 32.6 Å². The van der Waals surface area contributed by atoms with Crippen molar-refractivity contribution in [3.63, 3.8) is 0 Å². The summed E-state index contributed by atoms with van der Waals surface area (Å²) in [6.45, 7) is 4.09. The fourth-order valence-corrected chi connectivity index (χ4v) is 3.05. The molecule has 0 radical (unpaired) electrons. The van der Waals surface area contributed by atoms with Gasteiger partial charge in [-0.2, -0.15) is 0 Å². The molecule has 3 rings (SSSR count). The Morgan fingerprint density at radius 1 is 1.28 bits per heavy atom. The molecule has 1 aromatic heterocycles. The zero-order valence-electron chi connectivity index (χ0n) is 14.5. The first kappa shape index (κ1) is 19.3. The van der Waals surface area contributed by atoms with Crippen LogP contribution in [0.2, 0.25) is 0 Å². The second-order valence-electron chi connectivity index (χ2n) is 6.38. The summed E-state index contributed by atoms with van der Waals surface area (Å²) in [5.74, 6) is 1.43. The van der Waals surface area contributed by atoms with Crippen LogP contribution in [0.3, 0.4) is 0 Å². The Hall–Kier alpha value is -1.98. The van der Waals surface area contributed by atoms with Crippen molar-refractivity contribution in [2.24, 2.45) is 5.92 Å². The third kappa shape index (κ3) is 5.80. The lowest BCUT2D eigenvalue weighted by atomic mass is 9.93. The second kappa shape index (κ2) is 9.49. The number of hydrogen-bond acceptors (Lipinski definition) is 4. The summed E-state index contributed by atoms with van der Waals surface area (Å²) in [5, 5.41) is 6.35. The van der Waals surface area contributed by atoms with E-state index in [1.807, 2.05) is 37.3 Å². The molecule has 1 saturated heterocycles. The minimum Gasteiger partial charge on any atom is -0.326 e. The van der Waals surface area contributed by atoms with Gasteiger partial charge in [0.15, 0.2) is 5.82 Å². The predicted octanol–water partition coefficient (Wildman–Crippen LogP) is 3.59. The summed E-state index contributed by atoms with van der Waals surface area (Å²) in [6.07, 6.45) is 5.65. The van der Waals surface area contributed by atoms with Gasteiger partial charge < -0.3 is 10.6 Å². The number of nitrogens with zero attached hydrogens (tertiary/aromatic N) is 2. The maximum atomic E-state index is 12.2. The highest BCUT2D eigenvalue weighted by Crippen LogP contribution is 2.21. The van der Waals surface area contributed by atoms with Gasteiger partial charge in [0.1, 0.15) is 0 Å². The molecule has 0 spiro atoms. The average molecular weight is 361 g/mol. The highest BCUT2D eigenvalue weighted by Gasteiger charge is 2.14. The van der Waals surface area contributed by atoms with Gasteiger partial charge in [-0.05, 0) is 63.4 Å². The molecule has 2 N–H and O–H groups in total. The number of nitrogens with one attached hydrogen (secondary N) is 2. The third-order valence-electron chi connectivity index (χ3n) is 4.44. The lowest BCUT2D eigenvalue weighted by molar-refractivity contribution is -0.116. The first-order valence-electron chi connectivity index (χ1n) is 8.61. The number of aryl methyl sites for hydroxylation is 1. The molecule has 1 fully saturated rings. The molecule has 5 nitrogen and oxygen atoms in total. The number of hydrogen-bond donors (Lipinski definition) is 2. The maximum absolute atomic E-state index is 12.2. The number of piperidine rings is 1. The molecule has 1 aromatic carbocycles. The van der Waals surface area contributed by atoms with E-state index in [1.165, 1.54) is 12.8 Å². The van der Waals surface area contributed by atoms with E-state index in [4.69, 9.17) is 0 Å². The monoisotopic (exact) mass is 360 g/mol. The molecule has 2 heterocycles. The quantitative estimate of drug-likeness (QED) is 0.855. The van der Waals surface area contributed by atoms with Crippen LogP contribution in [0.5, 0.6) is 0 Å². The van der Waals surface area contributed by atoms with Gasteiger partial charge >= 0.3 is 0 Å². The normalized spacial score (nSPS) is 14.6. The van der Waals surface area contributed by atoms with Gasteiger partial charge in [-0.25, -0.2) is 9.97 Å². The van der Waals surface area contributed by atoms with Crippen LogP contribution in [0.25, 0.3) is 11.4 Å². The molecular formula is C19H25ClN4O. The number of carbonyl (C=O) groups is 1. The summed E-state index contributed by atoms with van der Waals surface area (Å²) in [5.41, 5.74) is 2.64. The van der Waals surface area contributed by atoms with Gasteiger partial charge in [0.2, 0.25) is 5.91 Å². The minimum atomic E-state index is 0. The largest absolute Gasteiger partial charge is 0.326 e. The van der Waals surface area contributed by atoms with Crippen LogP contribution in [0, 0.1) is 12.8 Å². The lowest BCUT2D eigenvalue weighted by Crippen LogP contribution is -2.28. The van der Waals surface area contributed by atoms with E-state index < -0.39 is 0 Å². The van der Waals surface area contributed by atoms with Gasteiger partial charge in [0, 0.05) is 29.6 Å². The Labute approximate surface area is 155 Å². The average Bonchev–Trinajstić information content (AvgIpc) is 2.61. The zero-order chi connectivity index (χ0) is 16.8. The molecule has 0 saturated carbocycles. The molecule has 2 aromatic rings. The highest BCUT2D eigenvalue weighted by molar-refractivity contribution is 5.91. The summed E-state index contributed by atoms with van der Waals surface area (Å²) < 4.78 is 0. The number of benzene rings is 1. The van der Waals surface area contributed by atoms with Gasteiger partial charge in [-0.3, -0.25) is 4.79 Å². The number of halogens is 1. The van der Waals surface area contributed by atoms with Gasteiger partial charge in [0.05, 0.1) is 0 Å². The van der Waals surface area contributed by atoms with Crippen LogP contribution >= 0.6 is 12.4 Å². The number of amides is 1. The van der Waals surface area contributed by atoms with Crippen LogP contribution in [0.15, 0.2) is 36.5 Å². The topological polar surface area (TPSA) is 66.9 Å². The smallest absolute Gasteiger partial charge is 0.224 e. The Bertz CT molecular complexity index is 701. The molecule has 6 heteroatoms. The third-order valence-corrected chi connectivity index (χ3v) is 4.44. The number of rotatable bonds is 5. The molecule has 0 atom stereocenters. The Morgan fingerprint density at radius 3 is 2.84 bits per heavy atom. The van der Waals surface area contributed by atoms with Gasteiger partial charge in [-0.15, -0.1) is 12.4 Å². The fourth-order valence-electron chi connectivity index (χ4n) is 3.05. The Kier molecular flexibility index (Phi) is 7.34. The van der Waals surface area contributed by atoms with E-state index in [2.05, 4.69) is 20.6 Å². The van der Waals surface area contributed by atoms with Crippen molar-refractivity contribution in [2.75, 3.05) is 18.4 Å². The zero-order valence-corrected chi connectivity index (χ0v) is 15.3. The van der Waals surface area contributed by atoms with E-state index in [9.17, 15) is 4.79 Å². The van der Waals surface area contributed by atoms with Crippen molar-refractivity contribution in [1.82, 2.24) is 15.3 Å². The van der Waals surface area contributed by atoms with Crippen molar-refractivity contribution in [3.05, 3.63) is 42.2 Å². The summed E-state index contributed by atoms with van der Waals surface area (Å²) in [6, 6.07) is 9.58. The van der Waals surface area contributed by atoms with Crippen molar-refractivity contribution in [1.29, 1.82) is 0 Å². The summed E-state index contributed by atoms with van der Waals surface area (Å²) in [7, 11) is 0. The standard InChI is InChI=1S/C19H24N4O.ClH/c1-14-7-12-21-19(22-14)16-3-2-4-17(13-16)23-18(24)6-5-15-8-10-20-11-9-15;/h2-4,7,12-13,15,20H,5-6,8-11H2,1H3,(H,23,24);1H. The molecule has 0 aliphatic carbocycles. The summed E-state index contributed by atoms with van der Waals surface area (Å²) >= 11 is 0. The van der Waals surface area contributed by atoms with Crippen molar-refractivity contribution in [3.8, 4) is 11.4 Å². The van der Waals surface area contributed by atoms with Crippen molar-refractivity contribution >= 4 is 24.0 Å².